The summed E-state index contributed by atoms with van der Waals surface area (Å²) in [6.45, 7) is 7.94. The molecule has 26 heavy (non-hydrogen) atoms. The maximum Gasteiger partial charge on any atom is 0.244 e. The van der Waals surface area contributed by atoms with Gasteiger partial charge in [-0.3, -0.25) is 9.59 Å². The average molecular weight is 400 g/mol. The average Bonchev–Trinajstić information content (AvgIpc) is 2.97. The SMILES string of the molecule is CCN(CC)S(=O)(=O)c1cc(C)c(C)c(NC(=O)CN2CSCC2=O)c1. The first-order chi connectivity index (χ1) is 12.2. The molecule has 2 rings (SSSR count). The summed E-state index contributed by atoms with van der Waals surface area (Å²) in [5.74, 6) is 0.501. The second-order valence-electron chi connectivity index (χ2n) is 6.12. The van der Waals surface area contributed by atoms with E-state index in [-0.39, 0.29) is 23.3 Å². The lowest BCUT2D eigenvalue weighted by Gasteiger charge is -2.21. The fourth-order valence-corrected chi connectivity index (χ4v) is 5.20. The highest BCUT2D eigenvalue weighted by molar-refractivity contribution is 8.00. The molecule has 1 aromatic carbocycles. The molecule has 144 valence electrons. The Bertz CT molecular complexity index is 804. The van der Waals surface area contributed by atoms with Crippen molar-refractivity contribution < 1.29 is 18.0 Å². The Hall–Kier alpha value is -1.58. The second-order valence-corrected chi connectivity index (χ2v) is 9.01. The van der Waals surface area contributed by atoms with Crippen molar-refractivity contribution >= 4 is 39.3 Å². The molecule has 1 aromatic rings. The predicted molar refractivity (Wildman–Crippen MR) is 104 cm³/mol. The van der Waals surface area contributed by atoms with Gasteiger partial charge in [0.05, 0.1) is 16.5 Å². The van der Waals surface area contributed by atoms with E-state index in [4.69, 9.17) is 0 Å². The largest absolute Gasteiger partial charge is 0.324 e. The van der Waals surface area contributed by atoms with Gasteiger partial charge < -0.3 is 10.2 Å². The number of hydrogen-bond acceptors (Lipinski definition) is 5. The number of nitrogens with one attached hydrogen (secondary N) is 1. The lowest BCUT2D eigenvalue weighted by molar-refractivity contribution is -0.130. The van der Waals surface area contributed by atoms with Crippen LogP contribution in [0.5, 0.6) is 0 Å². The lowest BCUT2D eigenvalue weighted by atomic mass is 10.1. The van der Waals surface area contributed by atoms with Gasteiger partial charge in [0.15, 0.2) is 0 Å². The zero-order valence-electron chi connectivity index (χ0n) is 15.5. The van der Waals surface area contributed by atoms with Crippen molar-refractivity contribution in [3.8, 4) is 0 Å². The third-order valence-electron chi connectivity index (χ3n) is 4.42. The van der Waals surface area contributed by atoms with Crippen LogP contribution in [0.25, 0.3) is 0 Å². The van der Waals surface area contributed by atoms with E-state index in [1.807, 2.05) is 13.8 Å². The van der Waals surface area contributed by atoms with Crippen LogP contribution in [0.3, 0.4) is 0 Å². The van der Waals surface area contributed by atoms with Crippen molar-refractivity contribution in [3.63, 3.8) is 0 Å². The van der Waals surface area contributed by atoms with Gasteiger partial charge in [-0.05, 0) is 37.1 Å². The van der Waals surface area contributed by atoms with E-state index in [0.29, 0.717) is 30.4 Å². The first-order valence-corrected chi connectivity index (χ1v) is 11.1. The molecule has 1 aliphatic heterocycles. The van der Waals surface area contributed by atoms with E-state index in [2.05, 4.69) is 5.32 Å². The van der Waals surface area contributed by atoms with Crippen LogP contribution in [0, 0.1) is 13.8 Å². The van der Waals surface area contributed by atoms with Crippen molar-refractivity contribution in [2.24, 2.45) is 0 Å². The quantitative estimate of drug-likeness (QED) is 0.756. The summed E-state index contributed by atoms with van der Waals surface area (Å²) >= 11 is 1.47. The number of nitrogens with zero attached hydrogens (tertiary/aromatic N) is 2. The van der Waals surface area contributed by atoms with Gasteiger partial charge in [0.25, 0.3) is 0 Å². The Balaban J connectivity index is 2.27. The maximum absolute atomic E-state index is 12.8. The van der Waals surface area contributed by atoms with Crippen molar-refractivity contribution in [2.45, 2.75) is 32.6 Å². The Morgan fingerprint density at radius 2 is 1.92 bits per heavy atom. The van der Waals surface area contributed by atoms with Crippen LogP contribution in [0.15, 0.2) is 17.0 Å². The molecule has 7 nitrogen and oxygen atoms in total. The van der Waals surface area contributed by atoms with E-state index in [0.717, 1.165) is 11.1 Å². The number of amides is 2. The minimum atomic E-state index is -3.62. The van der Waals surface area contributed by atoms with Crippen LogP contribution in [0.2, 0.25) is 0 Å². The fraction of sp³-hybridized carbons (Fsp3) is 0.529. The monoisotopic (exact) mass is 399 g/mol. The van der Waals surface area contributed by atoms with Gasteiger partial charge in [0, 0.05) is 18.8 Å². The molecule has 1 N–H and O–H groups in total. The normalized spacial score (nSPS) is 15.0. The highest BCUT2D eigenvalue weighted by Gasteiger charge is 2.25. The molecule has 0 spiro atoms. The van der Waals surface area contributed by atoms with Crippen LogP contribution < -0.4 is 5.32 Å². The van der Waals surface area contributed by atoms with E-state index < -0.39 is 10.0 Å². The van der Waals surface area contributed by atoms with Crippen LogP contribution in [-0.4, -0.2) is 60.7 Å². The van der Waals surface area contributed by atoms with Crippen LogP contribution in [-0.2, 0) is 19.6 Å². The molecule has 1 fully saturated rings. The number of carbonyl (C=O) groups is 2. The maximum atomic E-state index is 12.8. The van der Waals surface area contributed by atoms with Gasteiger partial charge in [-0.1, -0.05) is 13.8 Å². The number of rotatable bonds is 7. The van der Waals surface area contributed by atoms with Crippen molar-refractivity contribution in [3.05, 3.63) is 23.3 Å². The molecule has 1 aliphatic rings. The molecule has 1 saturated heterocycles. The molecular formula is C17H25N3O4S2. The minimum Gasteiger partial charge on any atom is -0.324 e. The topological polar surface area (TPSA) is 86.8 Å². The summed E-state index contributed by atoms with van der Waals surface area (Å²) in [4.78, 5) is 25.6. The number of anilines is 1. The van der Waals surface area contributed by atoms with Gasteiger partial charge in [-0.15, -0.1) is 11.8 Å². The molecular weight excluding hydrogens is 374 g/mol. The number of benzene rings is 1. The Labute approximate surface area is 159 Å². The molecule has 0 saturated carbocycles. The highest BCUT2D eigenvalue weighted by atomic mass is 32.2. The van der Waals surface area contributed by atoms with E-state index in [9.17, 15) is 18.0 Å². The zero-order chi connectivity index (χ0) is 19.5. The summed E-state index contributed by atoms with van der Waals surface area (Å²) in [7, 11) is -3.62. The molecule has 2 amide bonds. The first-order valence-electron chi connectivity index (χ1n) is 8.47. The number of carbonyl (C=O) groups excluding carboxylic acids is 2. The van der Waals surface area contributed by atoms with E-state index >= 15 is 0 Å². The van der Waals surface area contributed by atoms with Gasteiger partial charge in [-0.25, -0.2) is 8.42 Å². The summed E-state index contributed by atoms with van der Waals surface area (Å²) in [6.07, 6.45) is 0. The lowest BCUT2D eigenvalue weighted by Crippen LogP contribution is -2.34. The smallest absolute Gasteiger partial charge is 0.244 e. The standard InChI is InChI=1S/C17H25N3O4S2/c1-5-20(6-2)26(23,24)14-7-12(3)13(4)15(8-14)18-16(21)9-19-11-25-10-17(19)22/h7-8H,5-6,9-11H2,1-4H3,(H,18,21). The van der Waals surface area contributed by atoms with Crippen LogP contribution >= 0.6 is 11.8 Å². The third kappa shape index (κ3) is 4.39. The van der Waals surface area contributed by atoms with Crippen molar-refractivity contribution in [1.29, 1.82) is 0 Å². The first kappa shape index (κ1) is 20.7. The van der Waals surface area contributed by atoms with E-state index in [1.54, 1.807) is 19.9 Å². The Morgan fingerprint density at radius 3 is 2.46 bits per heavy atom. The molecule has 0 bridgehead atoms. The Morgan fingerprint density at radius 1 is 1.27 bits per heavy atom. The molecule has 9 heteroatoms. The number of thioether (sulfide) groups is 1. The van der Waals surface area contributed by atoms with Gasteiger partial charge in [-0.2, -0.15) is 4.31 Å². The third-order valence-corrected chi connectivity index (χ3v) is 7.39. The second kappa shape index (κ2) is 8.41. The van der Waals surface area contributed by atoms with Crippen molar-refractivity contribution in [1.82, 2.24) is 9.21 Å². The van der Waals surface area contributed by atoms with Gasteiger partial charge in [0.2, 0.25) is 21.8 Å². The van der Waals surface area contributed by atoms with Crippen LogP contribution in [0.1, 0.15) is 25.0 Å². The van der Waals surface area contributed by atoms with Crippen molar-refractivity contribution in [2.75, 3.05) is 36.6 Å². The summed E-state index contributed by atoms with van der Waals surface area (Å²) in [5, 5.41) is 2.76. The van der Waals surface area contributed by atoms with Gasteiger partial charge in [0.1, 0.15) is 6.54 Å². The van der Waals surface area contributed by atoms with Crippen LogP contribution in [0.4, 0.5) is 5.69 Å². The zero-order valence-corrected chi connectivity index (χ0v) is 17.2. The molecule has 1 heterocycles. The number of hydrogen-bond donors (Lipinski definition) is 1. The summed E-state index contributed by atoms with van der Waals surface area (Å²) in [6, 6.07) is 3.12. The summed E-state index contributed by atoms with van der Waals surface area (Å²) in [5.41, 5.74) is 2.04. The molecule has 0 atom stereocenters. The highest BCUT2D eigenvalue weighted by Crippen LogP contribution is 2.26. The fourth-order valence-electron chi connectivity index (χ4n) is 2.72. The van der Waals surface area contributed by atoms with Gasteiger partial charge >= 0.3 is 0 Å². The number of aryl methyl sites for hydroxylation is 1. The Kier molecular flexibility index (Phi) is 6.70. The minimum absolute atomic E-state index is 0.0304. The molecule has 0 aliphatic carbocycles. The summed E-state index contributed by atoms with van der Waals surface area (Å²) < 4.78 is 26.9. The number of sulfonamides is 1. The van der Waals surface area contributed by atoms with E-state index in [1.165, 1.54) is 27.0 Å². The molecule has 0 radical (unpaired) electrons. The molecule has 0 aromatic heterocycles. The molecule has 0 unspecified atom stereocenters. The predicted octanol–water partition coefficient (Wildman–Crippen LogP) is 1.81.